The molecular weight excluding hydrogens is 274 g/mol. The van der Waals surface area contributed by atoms with Crippen LogP contribution in [0, 0.1) is 0 Å². The highest BCUT2D eigenvalue weighted by molar-refractivity contribution is 8.03. The quantitative estimate of drug-likeness (QED) is 0.851. The molecular formula is C11H11NO2S3. The van der Waals surface area contributed by atoms with Gasteiger partial charge in [0.15, 0.2) is 14.2 Å². The first kappa shape index (κ1) is 11.5. The zero-order chi connectivity index (χ0) is 11.9. The van der Waals surface area contributed by atoms with Crippen LogP contribution in [0.2, 0.25) is 0 Å². The Morgan fingerprint density at radius 3 is 2.88 bits per heavy atom. The first-order valence-corrected chi connectivity index (χ1v) is 8.87. The summed E-state index contributed by atoms with van der Waals surface area (Å²) in [6.07, 6.45) is 0.753. The second-order valence-electron chi connectivity index (χ2n) is 4.09. The van der Waals surface area contributed by atoms with Crippen LogP contribution in [0.1, 0.15) is 6.42 Å². The first-order chi connectivity index (χ1) is 8.12. The Balaban J connectivity index is 1.81. The number of rotatable bonds is 2. The van der Waals surface area contributed by atoms with E-state index in [0.717, 1.165) is 21.0 Å². The molecule has 0 unspecified atom stereocenters. The Hall–Kier alpha value is -0.590. The van der Waals surface area contributed by atoms with Crippen LogP contribution < -0.4 is 0 Å². The third-order valence-electron chi connectivity index (χ3n) is 2.73. The van der Waals surface area contributed by atoms with Gasteiger partial charge in [0, 0.05) is 5.25 Å². The Morgan fingerprint density at radius 2 is 2.18 bits per heavy atom. The number of benzene rings is 1. The molecule has 1 atom stereocenters. The van der Waals surface area contributed by atoms with E-state index in [1.165, 1.54) is 0 Å². The summed E-state index contributed by atoms with van der Waals surface area (Å²) in [4.78, 5) is 4.51. The van der Waals surface area contributed by atoms with E-state index in [9.17, 15) is 8.42 Å². The molecule has 6 heteroatoms. The van der Waals surface area contributed by atoms with E-state index in [-0.39, 0.29) is 5.25 Å². The molecule has 0 N–H and O–H groups in total. The van der Waals surface area contributed by atoms with E-state index < -0.39 is 9.84 Å². The number of fused-ring (bicyclic) bond motifs is 1. The van der Waals surface area contributed by atoms with Crippen molar-refractivity contribution in [3.63, 3.8) is 0 Å². The van der Waals surface area contributed by atoms with Gasteiger partial charge < -0.3 is 0 Å². The number of aromatic nitrogens is 1. The molecule has 1 aromatic carbocycles. The molecule has 1 saturated heterocycles. The second-order valence-corrected chi connectivity index (χ2v) is 8.90. The lowest BCUT2D eigenvalue weighted by molar-refractivity contribution is 0.602. The van der Waals surface area contributed by atoms with Crippen molar-refractivity contribution in [1.29, 1.82) is 0 Å². The molecule has 0 saturated carbocycles. The third kappa shape index (κ3) is 2.48. The summed E-state index contributed by atoms with van der Waals surface area (Å²) < 4.78 is 24.9. The molecule has 1 aromatic heterocycles. The van der Waals surface area contributed by atoms with Crippen LogP contribution >= 0.6 is 23.1 Å². The standard InChI is InChI=1S/C11H11NO2S3/c13-17(14)6-5-8(7-17)15-11-12-9-3-1-2-4-10(9)16-11/h1-4,8H,5-7H2/t8-/m0/s1. The van der Waals surface area contributed by atoms with Crippen molar-refractivity contribution in [2.24, 2.45) is 0 Å². The van der Waals surface area contributed by atoms with Crippen molar-refractivity contribution in [1.82, 2.24) is 4.98 Å². The van der Waals surface area contributed by atoms with Gasteiger partial charge in [-0.25, -0.2) is 13.4 Å². The summed E-state index contributed by atoms with van der Waals surface area (Å²) in [5.41, 5.74) is 1.00. The maximum atomic E-state index is 11.4. The number of hydrogen-bond donors (Lipinski definition) is 0. The van der Waals surface area contributed by atoms with Crippen molar-refractivity contribution in [3.8, 4) is 0 Å². The Bertz CT molecular complexity index is 615. The van der Waals surface area contributed by atoms with E-state index in [1.54, 1.807) is 23.1 Å². The molecule has 1 aliphatic rings. The molecule has 0 spiro atoms. The summed E-state index contributed by atoms with van der Waals surface area (Å²) in [6.45, 7) is 0. The molecule has 2 heterocycles. The van der Waals surface area contributed by atoms with Gasteiger partial charge in [0.25, 0.3) is 0 Å². The lowest BCUT2D eigenvalue weighted by Gasteiger charge is -2.02. The van der Waals surface area contributed by atoms with Crippen molar-refractivity contribution >= 4 is 43.2 Å². The van der Waals surface area contributed by atoms with E-state index in [0.29, 0.717) is 11.5 Å². The fraction of sp³-hybridized carbons (Fsp3) is 0.364. The number of thioether (sulfide) groups is 1. The van der Waals surface area contributed by atoms with Gasteiger partial charge in [-0.3, -0.25) is 0 Å². The predicted octanol–water partition coefficient (Wildman–Crippen LogP) is 2.58. The average molecular weight is 285 g/mol. The molecule has 0 aliphatic carbocycles. The fourth-order valence-corrected chi connectivity index (χ4v) is 6.72. The van der Waals surface area contributed by atoms with E-state index >= 15 is 0 Å². The maximum Gasteiger partial charge on any atom is 0.151 e. The van der Waals surface area contributed by atoms with Crippen LogP contribution in [0.5, 0.6) is 0 Å². The fourth-order valence-electron chi connectivity index (χ4n) is 1.90. The van der Waals surface area contributed by atoms with Crippen molar-refractivity contribution in [3.05, 3.63) is 24.3 Å². The van der Waals surface area contributed by atoms with Crippen molar-refractivity contribution < 1.29 is 8.42 Å². The van der Waals surface area contributed by atoms with Gasteiger partial charge in [0.05, 0.1) is 21.7 Å². The van der Waals surface area contributed by atoms with Crippen LogP contribution in [0.4, 0.5) is 0 Å². The van der Waals surface area contributed by atoms with Gasteiger partial charge in [-0.05, 0) is 18.6 Å². The largest absolute Gasteiger partial charge is 0.230 e. The predicted molar refractivity (Wildman–Crippen MR) is 72.5 cm³/mol. The Labute approximate surface area is 108 Å². The summed E-state index contributed by atoms with van der Waals surface area (Å²) in [7, 11) is -2.79. The van der Waals surface area contributed by atoms with Crippen LogP contribution in [0.3, 0.4) is 0 Å². The lowest BCUT2D eigenvalue weighted by atomic mass is 10.3. The van der Waals surface area contributed by atoms with Gasteiger partial charge in [0.1, 0.15) is 0 Å². The Morgan fingerprint density at radius 1 is 1.35 bits per heavy atom. The average Bonchev–Trinajstić information content (AvgIpc) is 2.81. The van der Waals surface area contributed by atoms with Crippen LogP contribution in [0.15, 0.2) is 28.6 Å². The minimum Gasteiger partial charge on any atom is -0.230 e. The smallest absolute Gasteiger partial charge is 0.151 e. The molecule has 1 fully saturated rings. The lowest BCUT2D eigenvalue weighted by Crippen LogP contribution is -2.05. The van der Waals surface area contributed by atoms with Crippen LogP contribution in [0.25, 0.3) is 10.2 Å². The van der Waals surface area contributed by atoms with E-state index in [1.807, 2.05) is 24.3 Å². The van der Waals surface area contributed by atoms with Gasteiger partial charge >= 0.3 is 0 Å². The van der Waals surface area contributed by atoms with E-state index in [2.05, 4.69) is 4.98 Å². The molecule has 0 bridgehead atoms. The van der Waals surface area contributed by atoms with Crippen LogP contribution in [-0.2, 0) is 9.84 Å². The van der Waals surface area contributed by atoms with Gasteiger partial charge in [-0.1, -0.05) is 23.9 Å². The second kappa shape index (κ2) is 4.26. The molecule has 3 nitrogen and oxygen atoms in total. The topological polar surface area (TPSA) is 47.0 Å². The summed E-state index contributed by atoms with van der Waals surface area (Å²) >= 11 is 3.25. The van der Waals surface area contributed by atoms with Gasteiger partial charge in [-0.2, -0.15) is 0 Å². The van der Waals surface area contributed by atoms with Crippen LogP contribution in [-0.4, -0.2) is 30.2 Å². The number of sulfone groups is 1. The Kier molecular flexibility index (Phi) is 2.88. The van der Waals surface area contributed by atoms with Crippen molar-refractivity contribution in [2.75, 3.05) is 11.5 Å². The molecule has 0 radical (unpaired) electrons. The molecule has 1 aliphatic heterocycles. The number of para-hydroxylation sites is 1. The summed E-state index contributed by atoms with van der Waals surface area (Å²) in [5, 5.41) is 0.181. The highest BCUT2D eigenvalue weighted by atomic mass is 32.2. The zero-order valence-electron chi connectivity index (χ0n) is 9.00. The molecule has 2 aromatic rings. The van der Waals surface area contributed by atoms with Gasteiger partial charge in [-0.15, -0.1) is 11.3 Å². The normalized spacial score (nSPS) is 23.2. The molecule has 17 heavy (non-hydrogen) atoms. The molecule has 0 amide bonds. The van der Waals surface area contributed by atoms with Gasteiger partial charge in [0.2, 0.25) is 0 Å². The van der Waals surface area contributed by atoms with Crippen molar-refractivity contribution in [2.45, 2.75) is 16.0 Å². The number of hydrogen-bond acceptors (Lipinski definition) is 5. The zero-order valence-corrected chi connectivity index (χ0v) is 11.4. The molecule has 90 valence electrons. The number of thiazole rings is 1. The minimum atomic E-state index is -2.79. The SMILES string of the molecule is O=S1(=O)CC[C@H](Sc2nc3ccccc3s2)C1. The highest BCUT2D eigenvalue weighted by Gasteiger charge is 2.29. The third-order valence-corrected chi connectivity index (χ3v) is 7.11. The highest BCUT2D eigenvalue weighted by Crippen LogP contribution is 2.35. The maximum absolute atomic E-state index is 11.4. The minimum absolute atomic E-state index is 0.181. The molecule has 3 rings (SSSR count). The first-order valence-electron chi connectivity index (χ1n) is 5.35. The summed E-state index contributed by atoms with van der Waals surface area (Å²) in [6, 6.07) is 8.00. The van der Waals surface area contributed by atoms with E-state index in [4.69, 9.17) is 0 Å². The monoisotopic (exact) mass is 285 g/mol. The number of nitrogens with zero attached hydrogens (tertiary/aromatic N) is 1. The summed E-state index contributed by atoms with van der Waals surface area (Å²) in [5.74, 6) is 0.628.